The van der Waals surface area contributed by atoms with Crippen molar-refractivity contribution in [2.75, 3.05) is 6.61 Å². The molecule has 0 spiro atoms. The Morgan fingerprint density at radius 3 is 2.30 bits per heavy atom. The Hall–Kier alpha value is -0.830. The van der Waals surface area contributed by atoms with Crippen LogP contribution in [0.5, 0.6) is 0 Å². The molecule has 0 aromatic carbocycles. The van der Waals surface area contributed by atoms with Crippen molar-refractivity contribution < 1.29 is 14.6 Å². The molecule has 0 heterocycles. The first-order valence-corrected chi connectivity index (χ1v) is 2.99. The van der Waals surface area contributed by atoms with E-state index in [2.05, 4.69) is 11.3 Å². The summed E-state index contributed by atoms with van der Waals surface area (Å²) in [7, 11) is 0. The molecular formula is C7H14O3. The molecular weight excluding hydrogens is 132 g/mol. The molecule has 10 heavy (non-hydrogen) atoms. The molecule has 0 radical (unpaired) electrons. The predicted molar refractivity (Wildman–Crippen MR) is 39.6 cm³/mol. The van der Waals surface area contributed by atoms with E-state index in [0.717, 1.165) is 0 Å². The first kappa shape index (κ1) is 11.9. The van der Waals surface area contributed by atoms with Gasteiger partial charge in [0.1, 0.15) is 6.61 Å². The molecule has 3 nitrogen and oxygen atoms in total. The topological polar surface area (TPSA) is 46.5 Å². The van der Waals surface area contributed by atoms with Crippen LogP contribution in [-0.4, -0.2) is 24.3 Å². The van der Waals surface area contributed by atoms with Gasteiger partial charge in [0.25, 0.3) is 6.47 Å². The number of hydrogen-bond acceptors (Lipinski definition) is 3. The summed E-state index contributed by atoms with van der Waals surface area (Å²) >= 11 is 0. The van der Waals surface area contributed by atoms with Gasteiger partial charge in [0.2, 0.25) is 0 Å². The van der Waals surface area contributed by atoms with E-state index >= 15 is 0 Å². The standard InChI is InChI=1S/C4H8O3.C3H6/c1-4(6)2-7-3-5;1-3-2/h3-4,6H,2H2,1H3;3H,1H2,2H3. The average molecular weight is 146 g/mol. The molecule has 1 unspecified atom stereocenters. The lowest BCUT2D eigenvalue weighted by atomic mass is 10.5. The van der Waals surface area contributed by atoms with Gasteiger partial charge in [0, 0.05) is 0 Å². The number of aliphatic hydroxyl groups is 1. The van der Waals surface area contributed by atoms with E-state index in [0.29, 0.717) is 6.47 Å². The second-order valence-corrected chi connectivity index (χ2v) is 1.69. The summed E-state index contributed by atoms with van der Waals surface area (Å²) in [4.78, 5) is 9.38. The SMILES string of the molecule is C=CC.CC(O)COC=O. The van der Waals surface area contributed by atoms with Gasteiger partial charge in [-0.1, -0.05) is 6.08 Å². The number of aliphatic hydroxyl groups excluding tert-OH is 1. The van der Waals surface area contributed by atoms with Crippen LogP contribution in [0.4, 0.5) is 0 Å². The molecule has 0 aliphatic rings. The molecule has 1 atom stereocenters. The van der Waals surface area contributed by atoms with E-state index in [4.69, 9.17) is 5.11 Å². The Balaban J connectivity index is 0. The number of rotatable bonds is 3. The molecule has 0 fully saturated rings. The molecule has 60 valence electrons. The highest BCUT2D eigenvalue weighted by Crippen LogP contribution is 1.76. The summed E-state index contributed by atoms with van der Waals surface area (Å²) in [5.74, 6) is 0. The Kier molecular flexibility index (Phi) is 13.1. The third-order valence-corrected chi connectivity index (χ3v) is 0.405. The maximum atomic E-state index is 9.38. The smallest absolute Gasteiger partial charge is 0.293 e. The van der Waals surface area contributed by atoms with Crippen LogP contribution in [0.1, 0.15) is 13.8 Å². The van der Waals surface area contributed by atoms with Crippen molar-refractivity contribution >= 4 is 6.47 Å². The van der Waals surface area contributed by atoms with Crippen molar-refractivity contribution in [1.82, 2.24) is 0 Å². The van der Waals surface area contributed by atoms with E-state index in [1.54, 1.807) is 13.0 Å². The van der Waals surface area contributed by atoms with Gasteiger partial charge in [0.15, 0.2) is 0 Å². The highest BCUT2D eigenvalue weighted by molar-refractivity contribution is 5.36. The first-order chi connectivity index (χ1) is 4.68. The molecule has 1 N–H and O–H groups in total. The zero-order valence-electron chi connectivity index (χ0n) is 6.41. The van der Waals surface area contributed by atoms with Gasteiger partial charge >= 0.3 is 0 Å². The van der Waals surface area contributed by atoms with Gasteiger partial charge < -0.3 is 9.84 Å². The van der Waals surface area contributed by atoms with E-state index in [-0.39, 0.29) is 6.61 Å². The lowest BCUT2D eigenvalue weighted by Gasteiger charge is -1.97. The van der Waals surface area contributed by atoms with Crippen molar-refractivity contribution in [2.45, 2.75) is 20.0 Å². The third kappa shape index (κ3) is 27.2. The minimum absolute atomic E-state index is 0.0868. The van der Waals surface area contributed by atoms with E-state index in [1.807, 2.05) is 6.92 Å². The van der Waals surface area contributed by atoms with Crippen molar-refractivity contribution in [2.24, 2.45) is 0 Å². The van der Waals surface area contributed by atoms with Gasteiger partial charge in [-0.2, -0.15) is 0 Å². The van der Waals surface area contributed by atoms with Crippen LogP contribution in [0.15, 0.2) is 12.7 Å². The number of carbonyl (C=O) groups excluding carboxylic acids is 1. The van der Waals surface area contributed by atoms with Crippen LogP contribution in [0.25, 0.3) is 0 Å². The number of carbonyl (C=O) groups is 1. The first-order valence-electron chi connectivity index (χ1n) is 2.99. The number of ether oxygens (including phenoxy) is 1. The summed E-state index contributed by atoms with van der Waals surface area (Å²) in [6.07, 6.45) is 1.20. The van der Waals surface area contributed by atoms with E-state index < -0.39 is 6.10 Å². The van der Waals surface area contributed by atoms with Gasteiger partial charge in [-0.05, 0) is 13.8 Å². The summed E-state index contributed by atoms with van der Waals surface area (Å²) < 4.78 is 4.16. The second kappa shape index (κ2) is 11.0. The molecule has 0 aromatic heterocycles. The van der Waals surface area contributed by atoms with Crippen LogP contribution in [0, 0.1) is 0 Å². The minimum Gasteiger partial charge on any atom is -0.465 e. The molecule has 0 rings (SSSR count). The minimum atomic E-state index is -0.551. The van der Waals surface area contributed by atoms with Gasteiger partial charge in [-0.25, -0.2) is 0 Å². The molecule has 3 heteroatoms. The third-order valence-electron chi connectivity index (χ3n) is 0.405. The fraction of sp³-hybridized carbons (Fsp3) is 0.571. The predicted octanol–water partition coefficient (Wildman–Crippen LogP) is 0.732. The lowest BCUT2D eigenvalue weighted by Crippen LogP contribution is -2.08. The highest BCUT2D eigenvalue weighted by atomic mass is 16.5. The average Bonchev–Trinajstić information content (AvgIpc) is 1.85. The van der Waals surface area contributed by atoms with Crippen molar-refractivity contribution in [3.05, 3.63) is 12.7 Å². The second-order valence-electron chi connectivity index (χ2n) is 1.69. The summed E-state index contributed by atoms with van der Waals surface area (Å²) in [6.45, 7) is 7.19. The Morgan fingerprint density at radius 2 is 2.20 bits per heavy atom. The summed E-state index contributed by atoms with van der Waals surface area (Å²) in [5.41, 5.74) is 0. The fourth-order valence-corrected chi connectivity index (χ4v) is 0.179. The highest BCUT2D eigenvalue weighted by Gasteiger charge is 1.90. The van der Waals surface area contributed by atoms with Gasteiger partial charge in [-0.15, -0.1) is 6.58 Å². The Labute approximate surface area is 61.3 Å². The molecule has 0 aliphatic carbocycles. The summed E-state index contributed by atoms with van der Waals surface area (Å²) in [6, 6.07) is 0. The van der Waals surface area contributed by atoms with Crippen LogP contribution in [0.3, 0.4) is 0 Å². The van der Waals surface area contributed by atoms with Gasteiger partial charge in [-0.3, -0.25) is 4.79 Å². The summed E-state index contributed by atoms with van der Waals surface area (Å²) in [5, 5.41) is 8.40. The maximum absolute atomic E-state index is 9.38. The van der Waals surface area contributed by atoms with Crippen molar-refractivity contribution in [3.63, 3.8) is 0 Å². The largest absolute Gasteiger partial charge is 0.465 e. The van der Waals surface area contributed by atoms with Crippen LogP contribution < -0.4 is 0 Å². The maximum Gasteiger partial charge on any atom is 0.293 e. The zero-order valence-corrected chi connectivity index (χ0v) is 6.41. The lowest BCUT2D eigenvalue weighted by molar-refractivity contribution is -0.131. The van der Waals surface area contributed by atoms with Gasteiger partial charge in [0.05, 0.1) is 6.10 Å². The van der Waals surface area contributed by atoms with Crippen molar-refractivity contribution in [1.29, 1.82) is 0 Å². The fourth-order valence-electron chi connectivity index (χ4n) is 0.179. The van der Waals surface area contributed by atoms with Crippen LogP contribution in [0.2, 0.25) is 0 Å². The van der Waals surface area contributed by atoms with E-state index in [1.165, 1.54) is 0 Å². The number of hydrogen-bond donors (Lipinski definition) is 1. The molecule has 0 saturated heterocycles. The molecule has 0 aromatic rings. The molecule has 0 saturated carbocycles. The van der Waals surface area contributed by atoms with Crippen LogP contribution >= 0.6 is 0 Å². The number of allylic oxidation sites excluding steroid dienone is 1. The Bertz CT molecular complexity index is 78.9. The molecule has 0 amide bonds. The normalized spacial score (nSPS) is 10.3. The monoisotopic (exact) mass is 146 g/mol. The van der Waals surface area contributed by atoms with Crippen LogP contribution in [-0.2, 0) is 9.53 Å². The zero-order chi connectivity index (χ0) is 8.41. The molecule has 0 bridgehead atoms. The van der Waals surface area contributed by atoms with E-state index in [9.17, 15) is 4.79 Å². The Morgan fingerprint density at radius 1 is 1.80 bits per heavy atom. The van der Waals surface area contributed by atoms with Crippen molar-refractivity contribution in [3.8, 4) is 0 Å². The molecule has 0 aliphatic heterocycles. The quantitative estimate of drug-likeness (QED) is 0.471.